The molecule has 2 N–H and O–H groups in total. The van der Waals surface area contributed by atoms with Gasteiger partial charge in [0, 0.05) is 25.4 Å². The molecule has 1 aromatic rings. The van der Waals surface area contributed by atoms with Crippen LogP contribution in [0.3, 0.4) is 0 Å². The molecule has 0 aliphatic rings. The molecule has 9 heteroatoms. The molecule has 0 saturated carbocycles. The molecule has 0 aromatic carbocycles. The maximum atomic E-state index is 11.9. The van der Waals surface area contributed by atoms with Crippen LogP contribution in [0, 0.1) is 0 Å². The molecule has 0 spiro atoms. The Balaban J connectivity index is 2.51. The maximum absolute atomic E-state index is 11.9. The molecule has 102 valence electrons. The summed E-state index contributed by atoms with van der Waals surface area (Å²) in [5, 5.41) is 6.27. The molecule has 0 aliphatic heterocycles. The van der Waals surface area contributed by atoms with Crippen LogP contribution in [0.1, 0.15) is 0 Å². The van der Waals surface area contributed by atoms with Crippen molar-refractivity contribution in [2.24, 2.45) is 0 Å². The van der Waals surface area contributed by atoms with Crippen molar-refractivity contribution in [3.05, 3.63) is 6.07 Å². The first kappa shape index (κ1) is 15.2. The summed E-state index contributed by atoms with van der Waals surface area (Å²) in [7, 11) is 1.72. The van der Waals surface area contributed by atoms with Gasteiger partial charge in [0.2, 0.25) is 0 Å². The molecule has 0 aliphatic carbocycles. The van der Waals surface area contributed by atoms with Gasteiger partial charge in [0.25, 0.3) is 0 Å². The van der Waals surface area contributed by atoms with Crippen molar-refractivity contribution >= 4 is 35.2 Å². The molecule has 1 rings (SSSR count). The van der Waals surface area contributed by atoms with E-state index in [0.717, 1.165) is 0 Å². The standard InChI is InChI=1S/C9H13F3N4S2/c1-13-6-5-7(16-8(15-6)17-2)14-3-4-18-9(10,11)12/h5H,3-4H2,1-2H3,(H2,13,14,15,16). The van der Waals surface area contributed by atoms with E-state index in [1.54, 1.807) is 13.1 Å². The second kappa shape index (κ2) is 6.93. The largest absolute Gasteiger partial charge is 0.441 e. The van der Waals surface area contributed by atoms with Crippen molar-refractivity contribution in [3.8, 4) is 0 Å². The Bertz CT molecular complexity index is 364. The van der Waals surface area contributed by atoms with Gasteiger partial charge in [-0.1, -0.05) is 11.8 Å². The van der Waals surface area contributed by atoms with Crippen LogP contribution in [0.15, 0.2) is 11.2 Å². The lowest BCUT2D eigenvalue weighted by molar-refractivity contribution is -0.0327. The number of alkyl halides is 3. The number of nitrogens with zero attached hydrogens (tertiary/aromatic N) is 2. The monoisotopic (exact) mass is 298 g/mol. The number of thioether (sulfide) groups is 2. The van der Waals surface area contributed by atoms with Gasteiger partial charge >= 0.3 is 5.51 Å². The van der Waals surface area contributed by atoms with Gasteiger partial charge < -0.3 is 10.6 Å². The van der Waals surface area contributed by atoms with Gasteiger partial charge in [-0.3, -0.25) is 0 Å². The van der Waals surface area contributed by atoms with Crippen molar-refractivity contribution < 1.29 is 13.2 Å². The molecule has 0 atom stereocenters. The Kier molecular flexibility index (Phi) is 5.86. The summed E-state index contributed by atoms with van der Waals surface area (Å²) in [5.41, 5.74) is -4.19. The third-order valence-electron chi connectivity index (χ3n) is 1.82. The van der Waals surface area contributed by atoms with E-state index in [1.165, 1.54) is 11.8 Å². The van der Waals surface area contributed by atoms with Crippen molar-refractivity contribution in [3.63, 3.8) is 0 Å². The SMILES string of the molecule is CNc1cc(NCCSC(F)(F)F)nc(SC)n1. The average Bonchev–Trinajstić information content (AvgIpc) is 2.33. The van der Waals surface area contributed by atoms with Crippen LogP contribution < -0.4 is 10.6 Å². The summed E-state index contributed by atoms with van der Waals surface area (Å²) in [5.74, 6) is 1.08. The van der Waals surface area contributed by atoms with Gasteiger partial charge in [0.1, 0.15) is 11.6 Å². The van der Waals surface area contributed by atoms with Crippen LogP contribution in [0.4, 0.5) is 24.8 Å². The highest BCUT2D eigenvalue weighted by Crippen LogP contribution is 2.29. The third-order valence-corrected chi connectivity index (χ3v) is 3.10. The summed E-state index contributed by atoms with van der Waals surface area (Å²) in [6.45, 7) is 0.193. The molecule has 0 radical (unpaired) electrons. The number of nitrogens with one attached hydrogen (secondary N) is 2. The first-order valence-corrected chi connectivity index (χ1v) is 7.21. The van der Waals surface area contributed by atoms with E-state index in [2.05, 4.69) is 20.6 Å². The molecule has 1 heterocycles. The first-order valence-electron chi connectivity index (χ1n) is 5.00. The third kappa shape index (κ3) is 5.67. The molecular weight excluding hydrogens is 285 g/mol. The molecule has 0 amide bonds. The minimum atomic E-state index is -4.19. The quantitative estimate of drug-likeness (QED) is 0.478. The summed E-state index contributed by atoms with van der Waals surface area (Å²) in [6.07, 6.45) is 1.83. The molecule has 1 aromatic heterocycles. The fourth-order valence-electron chi connectivity index (χ4n) is 1.08. The van der Waals surface area contributed by atoms with E-state index in [0.29, 0.717) is 16.8 Å². The summed E-state index contributed by atoms with van der Waals surface area (Å²) < 4.78 is 35.7. The van der Waals surface area contributed by atoms with E-state index >= 15 is 0 Å². The molecule has 0 unspecified atom stereocenters. The summed E-state index contributed by atoms with van der Waals surface area (Å²) in [6, 6.07) is 1.65. The Hall–Kier alpha value is -0.830. The second-order valence-corrected chi connectivity index (χ2v) is 5.03. The van der Waals surface area contributed by atoms with E-state index in [9.17, 15) is 13.2 Å². The lowest BCUT2D eigenvalue weighted by atomic mass is 10.5. The minimum Gasteiger partial charge on any atom is -0.373 e. The average molecular weight is 298 g/mol. The lowest BCUT2D eigenvalue weighted by Gasteiger charge is -2.09. The van der Waals surface area contributed by atoms with Crippen LogP contribution >= 0.6 is 23.5 Å². The van der Waals surface area contributed by atoms with Gasteiger partial charge in [0.15, 0.2) is 5.16 Å². The smallest absolute Gasteiger partial charge is 0.373 e. The van der Waals surface area contributed by atoms with Crippen molar-refractivity contribution in [1.29, 1.82) is 0 Å². The summed E-state index contributed by atoms with van der Waals surface area (Å²) >= 11 is 1.31. The fraction of sp³-hybridized carbons (Fsp3) is 0.556. The summed E-state index contributed by atoms with van der Waals surface area (Å²) in [4.78, 5) is 8.30. The highest BCUT2D eigenvalue weighted by atomic mass is 32.2. The molecule has 4 nitrogen and oxygen atoms in total. The molecular formula is C9H13F3N4S2. The Labute approximate surface area is 112 Å². The van der Waals surface area contributed by atoms with E-state index in [4.69, 9.17) is 0 Å². The first-order chi connectivity index (χ1) is 8.44. The van der Waals surface area contributed by atoms with Crippen LogP contribution in [-0.2, 0) is 0 Å². The van der Waals surface area contributed by atoms with Crippen molar-refractivity contribution in [2.45, 2.75) is 10.7 Å². The highest BCUT2D eigenvalue weighted by Gasteiger charge is 2.27. The molecule has 0 fully saturated rings. The number of hydrogen-bond donors (Lipinski definition) is 2. The van der Waals surface area contributed by atoms with E-state index in [1.807, 2.05) is 6.26 Å². The number of aromatic nitrogens is 2. The zero-order valence-corrected chi connectivity index (χ0v) is 11.5. The van der Waals surface area contributed by atoms with Crippen molar-refractivity contribution in [1.82, 2.24) is 9.97 Å². The zero-order chi connectivity index (χ0) is 13.6. The number of hydrogen-bond acceptors (Lipinski definition) is 6. The Morgan fingerprint density at radius 2 is 1.94 bits per heavy atom. The van der Waals surface area contributed by atoms with Gasteiger partial charge in [-0.15, -0.1) is 0 Å². The molecule has 0 bridgehead atoms. The normalized spacial score (nSPS) is 11.4. The van der Waals surface area contributed by atoms with Crippen molar-refractivity contribution in [2.75, 3.05) is 36.2 Å². The van der Waals surface area contributed by atoms with Crippen LogP contribution in [0.2, 0.25) is 0 Å². The highest BCUT2D eigenvalue weighted by molar-refractivity contribution is 8.00. The zero-order valence-electron chi connectivity index (χ0n) is 9.84. The molecule has 18 heavy (non-hydrogen) atoms. The van der Waals surface area contributed by atoms with Gasteiger partial charge in [0.05, 0.1) is 0 Å². The maximum Gasteiger partial charge on any atom is 0.441 e. The number of halogens is 3. The molecule has 0 saturated heterocycles. The van der Waals surface area contributed by atoms with Gasteiger partial charge in [-0.2, -0.15) is 13.2 Å². The number of rotatable bonds is 6. The second-order valence-electron chi connectivity index (χ2n) is 3.10. The predicted octanol–water partition coefficient (Wildman–Crippen LogP) is 2.91. The fourth-order valence-corrected chi connectivity index (χ4v) is 1.90. The topological polar surface area (TPSA) is 49.8 Å². The van der Waals surface area contributed by atoms with Gasteiger partial charge in [-0.25, -0.2) is 9.97 Å². The minimum absolute atomic E-state index is 0.0540. The number of anilines is 2. The van der Waals surface area contributed by atoms with Gasteiger partial charge in [-0.05, 0) is 18.0 Å². The van der Waals surface area contributed by atoms with Crippen LogP contribution in [0.5, 0.6) is 0 Å². The Morgan fingerprint density at radius 1 is 1.28 bits per heavy atom. The predicted molar refractivity (Wildman–Crippen MR) is 70.4 cm³/mol. The Morgan fingerprint density at radius 3 is 2.50 bits per heavy atom. The lowest BCUT2D eigenvalue weighted by Crippen LogP contribution is -2.11. The van der Waals surface area contributed by atoms with E-state index < -0.39 is 5.51 Å². The van der Waals surface area contributed by atoms with Crippen LogP contribution in [0.25, 0.3) is 0 Å². The van der Waals surface area contributed by atoms with Crippen LogP contribution in [-0.4, -0.2) is 41.1 Å². The van der Waals surface area contributed by atoms with E-state index in [-0.39, 0.29) is 24.1 Å².